The van der Waals surface area contributed by atoms with Crippen LogP contribution in [-0.2, 0) is 25.3 Å². The molecule has 2 heterocycles. The Morgan fingerprint density at radius 3 is 1.76 bits per heavy atom. The molecule has 2 aliphatic rings. The number of Topliss-reactive ketones (excluding diaryl/α,β-unsaturated/α-hetero) is 1. The molecule has 54 heavy (non-hydrogen) atoms. The van der Waals surface area contributed by atoms with Gasteiger partial charge in [0.15, 0.2) is 14.1 Å². The molecule has 1 N–H and O–H groups in total. The van der Waals surface area contributed by atoms with E-state index in [4.69, 9.17) is 9.16 Å². The standard InChI is InChI=1S/C44H53N2O6PSi/c1-32(52-54(5,6)44(2,3)4)40-38(30-39(47)34-24-22-33(23-25-34)31-45-26-28-51-29-27-45)46(41(40)48)42(43(49)50)53(35-16-10-7-11-17-35,36-18-12-8-13-19-36)37-20-14-9-15-21-37/h7-25,32,38,40H,26-31H2,1-6H3,(H,49,50)/t32-,38-,40-/m1/s1. The molecule has 1 amide bonds. The average Bonchev–Trinajstić information content (AvgIpc) is 3.15. The second-order valence-corrected chi connectivity index (χ2v) is 24.0. The summed E-state index contributed by atoms with van der Waals surface area (Å²) in [5, 5.41) is 13.8. The summed E-state index contributed by atoms with van der Waals surface area (Å²) in [4.78, 5) is 47.0. The molecule has 2 fully saturated rings. The van der Waals surface area contributed by atoms with E-state index >= 15 is 0 Å². The summed E-state index contributed by atoms with van der Waals surface area (Å²) >= 11 is 0. The van der Waals surface area contributed by atoms with E-state index in [1.54, 1.807) is 0 Å². The number of benzene rings is 4. The third-order valence-corrected chi connectivity index (χ3v) is 20.2. The highest BCUT2D eigenvalue weighted by Crippen LogP contribution is 2.50. The van der Waals surface area contributed by atoms with Gasteiger partial charge in [-0.2, -0.15) is 0 Å². The van der Waals surface area contributed by atoms with Crippen LogP contribution in [0.4, 0.5) is 0 Å². The fraction of sp³-hybridized carbons (Fsp3) is 0.364. The predicted octanol–water partition coefficient (Wildman–Crippen LogP) is 6.54. The van der Waals surface area contributed by atoms with Crippen molar-refractivity contribution < 1.29 is 28.7 Å². The van der Waals surface area contributed by atoms with Crippen LogP contribution >= 0.6 is 6.89 Å². The minimum Gasteiger partial charge on any atom is -0.477 e. The van der Waals surface area contributed by atoms with E-state index in [0.717, 1.165) is 41.1 Å². The molecule has 0 radical (unpaired) electrons. The van der Waals surface area contributed by atoms with Crippen LogP contribution in [-0.4, -0.2) is 84.8 Å². The first kappa shape index (κ1) is 39.6. The van der Waals surface area contributed by atoms with Gasteiger partial charge in [-0.05, 0) is 46.5 Å². The van der Waals surface area contributed by atoms with Crippen LogP contribution < -0.4 is 15.9 Å². The van der Waals surface area contributed by atoms with Gasteiger partial charge in [0.05, 0.1) is 31.3 Å². The lowest BCUT2D eigenvalue weighted by Crippen LogP contribution is -2.69. The number of carboxylic acid groups (broad SMARTS) is 1. The molecule has 2 saturated heterocycles. The topological polar surface area (TPSA) is 96.4 Å². The third kappa shape index (κ3) is 7.84. The Balaban J connectivity index is 1.50. The van der Waals surface area contributed by atoms with Crippen LogP contribution in [0.1, 0.15) is 50.0 Å². The minimum atomic E-state index is -3.21. The number of β-lactam (4-membered cyclic amide) rings is 1. The second-order valence-electron chi connectivity index (χ2n) is 15.9. The molecule has 10 heteroatoms. The summed E-state index contributed by atoms with van der Waals surface area (Å²) < 4.78 is 12.3. The van der Waals surface area contributed by atoms with Crippen LogP contribution in [0.25, 0.3) is 0 Å². The van der Waals surface area contributed by atoms with Crippen molar-refractivity contribution in [3.63, 3.8) is 0 Å². The summed E-state index contributed by atoms with van der Waals surface area (Å²) in [7, 11) is -2.35. The maximum Gasteiger partial charge on any atom is 0.353 e. The van der Waals surface area contributed by atoms with Crippen LogP contribution in [0.15, 0.2) is 115 Å². The average molecular weight is 765 g/mol. The number of rotatable bonds is 13. The molecular weight excluding hydrogens is 712 g/mol. The van der Waals surface area contributed by atoms with Crippen molar-refractivity contribution in [3.05, 3.63) is 126 Å². The molecule has 284 valence electrons. The van der Waals surface area contributed by atoms with E-state index in [1.807, 2.05) is 122 Å². The molecule has 0 aromatic heterocycles. The summed E-state index contributed by atoms with van der Waals surface area (Å²) in [6, 6.07) is 35.9. The zero-order valence-electron chi connectivity index (χ0n) is 32.3. The number of carboxylic acids is 1. The van der Waals surface area contributed by atoms with Gasteiger partial charge < -0.3 is 19.2 Å². The molecule has 8 nitrogen and oxygen atoms in total. The van der Waals surface area contributed by atoms with E-state index in [2.05, 4.69) is 38.8 Å². The first-order valence-corrected chi connectivity index (χ1v) is 23.6. The number of hydrogen-bond acceptors (Lipinski definition) is 6. The fourth-order valence-electron chi connectivity index (χ4n) is 7.57. The van der Waals surface area contributed by atoms with Gasteiger partial charge in [-0.25, -0.2) is 4.79 Å². The molecule has 0 spiro atoms. The molecule has 0 aliphatic carbocycles. The zero-order chi connectivity index (χ0) is 38.7. The second kappa shape index (κ2) is 16.3. The SMILES string of the molecule is C[C@@H](O[Si](C)(C)C(C)(C)C)[C@H]1C(=O)N(C(C(=O)O)=P(c2ccccc2)(c2ccccc2)c2ccccc2)[C@@H]1CC(=O)c1ccc(CN2CCOCC2)cc1. The first-order valence-electron chi connectivity index (χ1n) is 18.9. The summed E-state index contributed by atoms with van der Waals surface area (Å²) in [6.45, 7) is 13.4. The van der Waals surface area contributed by atoms with E-state index < -0.39 is 39.2 Å². The van der Waals surface area contributed by atoms with Crippen LogP contribution in [0, 0.1) is 5.92 Å². The van der Waals surface area contributed by atoms with Crippen LogP contribution in [0.2, 0.25) is 18.1 Å². The van der Waals surface area contributed by atoms with Gasteiger partial charge in [-0.1, -0.05) is 136 Å². The lowest BCUT2D eigenvalue weighted by atomic mass is 9.79. The Bertz CT molecular complexity index is 1890. The van der Waals surface area contributed by atoms with Gasteiger partial charge in [0.1, 0.15) is 5.42 Å². The molecule has 6 rings (SSSR count). The number of carbonyl (C=O) groups is 3. The van der Waals surface area contributed by atoms with Gasteiger partial charge >= 0.3 is 5.97 Å². The maximum absolute atomic E-state index is 14.9. The van der Waals surface area contributed by atoms with Crippen molar-refractivity contribution in [3.8, 4) is 0 Å². The summed E-state index contributed by atoms with van der Waals surface area (Å²) in [6.07, 6.45) is -0.573. The number of likely N-dealkylation sites (tertiary alicyclic amines) is 1. The fourth-order valence-corrected chi connectivity index (χ4v) is 13.3. The Morgan fingerprint density at radius 1 is 0.833 bits per heavy atom. The van der Waals surface area contributed by atoms with Gasteiger partial charge in [-0.15, -0.1) is 0 Å². The third-order valence-electron chi connectivity index (χ3n) is 11.4. The molecule has 4 aromatic carbocycles. The molecule has 4 aromatic rings. The van der Waals surface area contributed by atoms with Gasteiger partial charge in [-0.3, -0.25) is 14.5 Å². The van der Waals surface area contributed by atoms with Crippen molar-refractivity contribution in [1.29, 1.82) is 0 Å². The number of aliphatic carboxylic acids is 1. The van der Waals surface area contributed by atoms with Crippen LogP contribution in [0.5, 0.6) is 0 Å². The van der Waals surface area contributed by atoms with E-state index in [9.17, 15) is 19.5 Å². The van der Waals surface area contributed by atoms with E-state index in [-0.39, 0.29) is 28.6 Å². The quantitative estimate of drug-likeness (QED) is 0.0716. The summed E-state index contributed by atoms with van der Waals surface area (Å²) in [5.74, 6) is -2.37. The number of morpholine rings is 1. The number of amides is 1. The number of carbonyl (C=O) groups excluding carboxylic acids is 2. The molecular formula is C44H53N2O6PSi. The lowest BCUT2D eigenvalue weighted by molar-refractivity contribution is -0.155. The van der Waals surface area contributed by atoms with Crippen molar-refractivity contribution >= 4 is 54.2 Å². The molecule has 3 atom stereocenters. The van der Waals surface area contributed by atoms with Gasteiger partial charge in [0, 0.05) is 38.5 Å². The van der Waals surface area contributed by atoms with Crippen molar-refractivity contribution in [2.45, 2.75) is 70.9 Å². The lowest BCUT2D eigenvalue weighted by Gasteiger charge is -2.52. The highest BCUT2D eigenvalue weighted by Gasteiger charge is 2.57. The molecule has 0 saturated carbocycles. The minimum absolute atomic E-state index is 0.00513. The molecule has 0 unspecified atom stereocenters. The highest BCUT2D eigenvalue weighted by atomic mass is 31.2. The number of hydrogen-bond donors (Lipinski definition) is 1. The Labute approximate surface area is 321 Å². The monoisotopic (exact) mass is 764 g/mol. The Morgan fingerprint density at radius 2 is 1.31 bits per heavy atom. The Kier molecular flexibility index (Phi) is 12.0. The normalized spacial score (nSPS) is 18.9. The Hall–Kier alpha value is -4.11. The molecule has 0 bridgehead atoms. The smallest absolute Gasteiger partial charge is 0.353 e. The van der Waals surface area contributed by atoms with E-state index in [0.29, 0.717) is 18.8 Å². The maximum atomic E-state index is 14.9. The molecule has 2 aliphatic heterocycles. The number of nitrogens with zero attached hydrogens (tertiary/aromatic N) is 2. The van der Waals surface area contributed by atoms with Crippen molar-refractivity contribution in [1.82, 2.24) is 9.80 Å². The van der Waals surface area contributed by atoms with Gasteiger partial charge in [0.25, 0.3) is 0 Å². The number of ketones is 1. The predicted molar refractivity (Wildman–Crippen MR) is 221 cm³/mol. The zero-order valence-corrected chi connectivity index (χ0v) is 34.2. The summed E-state index contributed by atoms with van der Waals surface area (Å²) in [5.41, 5.74) is 1.64. The number of ether oxygens (including phenoxy) is 1. The van der Waals surface area contributed by atoms with E-state index in [1.165, 1.54) is 4.90 Å². The van der Waals surface area contributed by atoms with Crippen molar-refractivity contribution in [2.24, 2.45) is 5.92 Å². The highest BCUT2D eigenvalue weighted by molar-refractivity contribution is 7.96. The van der Waals surface area contributed by atoms with Crippen molar-refractivity contribution in [2.75, 3.05) is 26.3 Å². The largest absolute Gasteiger partial charge is 0.477 e. The van der Waals surface area contributed by atoms with Gasteiger partial charge in [0.2, 0.25) is 5.91 Å². The first-order chi connectivity index (χ1) is 25.8. The van der Waals surface area contributed by atoms with Crippen LogP contribution in [0.3, 0.4) is 0 Å².